The van der Waals surface area contributed by atoms with E-state index in [0.29, 0.717) is 6.61 Å². The number of hydrogen-bond acceptors (Lipinski definition) is 6. The van der Waals surface area contributed by atoms with Crippen LogP contribution >= 0.6 is 0 Å². The van der Waals surface area contributed by atoms with Crippen LogP contribution < -0.4 is 4.74 Å². The first-order valence-corrected chi connectivity index (χ1v) is 8.67. The van der Waals surface area contributed by atoms with Crippen molar-refractivity contribution in [1.29, 1.82) is 0 Å². The highest BCUT2D eigenvalue weighted by atomic mass is 16.5. The van der Waals surface area contributed by atoms with E-state index in [1.807, 2.05) is 44.2 Å². The molecule has 0 atom stereocenters. The molecule has 0 amide bonds. The summed E-state index contributed by atoms with van der Waals surface area (Å²) in [5.41, 5.74) is 0.912. The van der Waals surface area contributed by atoms with Gasteiger partial charge in [-0.15, -0.1) is 0 Å². The van der Waals surface area contributed by atoms with Gasteiger partial charge in [0.1, 0.15) is 6.61 Å². The van der Waals surface area contributed by atoms with Crippen LogP contribution in [0.3, 0.4) is 0 Å². The second-order valence-corrected chi connectivity index (χ2v) is 4.76. The molecule has 2 aromatic rings. The number of carbonyl (C=O) groups excluding carboxylic acids is 2. The summed E-state index contributed by atoms with van der Waals surface area (Å²) in [4.78, 5) is 28.1. The molecule has 26 heavy (non-hydrogen) atoms. The monoisotopic (exact) mass is 359 g/mol. The standard InChI is InChI=1S/C18H19NO5.C2H6/c1-3-22-17(20)14-10-11-15(19-16(14)18(21)23-4-2)24-12-13-8-6-5-7-9-13;1-2/h5-11H,3-4,12H2,1-2H3;1-2H3. The Kier molecular flexibility index (Phi) is 9.46. The lowest BCUT2D eigenvalue weighted by molar-refractivity contribution is 0.0472. The van der Waals surface area contributed by atoms with Gasteiger partial charge in [0, 0.05) is 6.07 Å². The van der Waals surface area contributed by atoms with Crippen molar-refractivity contribution in [3.05, 3.63) is 59.3 Å². The van der Waals surface area contributed by atoms with Gasteiger partial charge in [-0.05, 0) is 25.5 Å². The van der Waals surface area contributed by atoms with Crippen molar-refractivity contribution in [3.8, 4) is 5.88 Å². The summed E-state index contributed by atoms with van der Waals surface area (Å²) >= 11 is 0. The van der Waals surface area contributed by atoms with Crippen molar-refractivity contribution < 1.29 is 23.8 Å². The number of ether oxygens (including phenoxy) is 3. The Labute approximate surface area is 154 Å². The summed E-state index contributed by atoms with van der Waals surface area (Å²) in [6, 6.07) is 12.5. The molecule has 2 rings (SSSR count). The highest BCUT2D eigenvalue weighted by Crippen LogP contribution is 2.17. The van der Waals surface area contributed by atoms with Gasteiger partial charge < -0.3 is 14.2 Å². The van der Waals surface area contributed by atoms with Crippen LogP contribution in [0.2, 0.25) is 0 Å². The summed E-state index contributed by atoms with van der Waals surface area (Å²) in [6.07, 6.45) is 0. The maximum atomic E-state index is 12.1. The van der Waals surface area contributed by atoms with Crippen LogP contribution in [0.4, 0.5) is 0 Å². The molecule has 0 fully saturated rings. The van der Waals surface area contributed by atoms with Crippen LogP contribution in [0.15, 0.2) is 42.5 Å². The molecule has 140 valence electrons. The average Bonchev–Trinajstić information content (AvgIpc) is 2.69. The lowest BCUT2D eigenvalue weighted by Gasteiger charge is -2.10. The third kappa shape index (κ3) is 6.20. The Morgan fingerprint density at radius 2 is 1.50 bits per heavy atom. The molecule has 0 aliphatic carbocycles. The van der Waals surface area contributed by atoms with Gasteiger partial charge in [-0.3, -0.25) is 0 Å². The normalized spacial score (nSPS) is 9.54. The van der Waals surface area contributed by atoms with E-state index in [9.17, 15) is 9.59 Å². The number of aromatic nitrogens is 1. The summed E-state index contributed by atoms with van der Waals surface area (Å²) in [5, 5.41) is 0. The number of benzene rings is 1. The third-order valence-electron chi connectivity index (χ3n) is 3.06. The fourth-order valence-corrected chi connectivity index (χ4v) is 1.98. The topological polar surface area (TPSA) is 74.7 Å². The molecule has 6 heteroatoms. The van der Waals surface area contributed by atoms with E-state index in [1.165, 1.54) is 12.1 Å². The van der Waals surface area contributed by atoms with E-state index in [1.54, 1.807) is 13.8 Å². The molecule has 1 aromatic carbocycles. The zero-order chi connectivity index (χ0) is 19.4. The van der Waals surface area contributed by atoms with Gasteiger partial charge in [0.25, 0.3) is 0 Å². The van der Waals surface area contributed by atoms with E-state index in [-0.39, 0.29) is 30.4 Å². The summed E-state index contributed by atoms with van der Waals surface area (Å²) < 4.78 is 15.5. The molecular formula is C20H25NO5. The van der Waals surface area contributed by atoms with Crippen molar-refractivity contribution in [2.24, 2.45) is 0 Å². The summed E-state index contributed by atoms with van der Waals surface area (Å²) in [5.74, 6) is -1.08. The van der Waals surface area contributed by atoms with Gasteiger partial charge in [-0.25, -0.2) is 14.6 Å². The average molecular weight is 359 g/mol. The van der Waals surface area contributed by atoms with Crippen LogP contribution in [0.5, 0.6) is 5.88 Å². The van der Waals surface area contributed by atoms with Crippen molar-refractivity contribution >= 4 is 11.9 Å². The van der Waals surface area contributed by atoms with Crippen LogP contribution in [-0.2, 0) is 16.1 Å². The van der Waals surface area contributed by atoms with Gasteiger partial charge in [0.15, 0.2) is 5.69 Å². The predicted octanol–water partition coefficient (Wildman–Crippen LogP) is 4.04. The molecule has 0 aliphatic heterocycles. The SMILES string of the molecule is CC.CCOC(=O)c1ccc(OCc2ccccc2)nc1C(=O)OCC. The third-order valence-corrected chi connectivity index (χ3v) is 3.06. The molecule has 0 aliphatic rings. The smallest absolute Gasteiger partial charge is 0.357 e. The number of esters is 2. The van der Waals surface area contributed by atoms with E-state index < -0.39 is 11.9 Å². The number of hydrogen-bond donors (Lipinski definition) is 0. The molecular weight excluding hydrogens is 334 g/mol. The highest BCUT2D eigenvalue weighted by molar-refractivity contribution is 6.01. The molecule has 0 saturated heterocycles. The summed E-state index contributed by atoms with van der Waals surface area (Å²) in [6.45, 7) is 8.05. The molecule has 0 bridgehead atoms. The Bertz CT molecular complexity index is 701. The second-order valence-electron chi connectivity index (χ2n) is 4.76. The number of pyridine rings is 1. The van der Waals surface area contributed by atoms with Gasteiger partial charge >= 0.3 is 11.9 Å². The van der Waals surface area contributed by atoms with Gasteiger partial charge in [0.2, 0.25) is 5.88 Å². The van der Waals surface area contributed by atoms with Crippen molar-refractivity contribution in [1.82, 2.24) is 4.98 Å². The van der Waals surface area contributed by atoms with Crippen molar-refractivity contribution in [2.75, 3.05) is 13.2 Å². The Morgan fingerprint density at radius 1 is 0.885 bits per heavy atom. The molecule has 0 saturated carbocycles. The Morgan fingerprint density at radius 3 is 2.12 bits per heavy atom. The molecule has 0 radical (unpaired) electrons. The van der Waals surface area contributed by atoms with Gasteiger partial charge in [-0.2, -0.15) is 0 Å². The van der Waals surface area contributed by atoms with Crippen LogP contribution in [-0.4, -0.2) is 30.1 Å². The fraction of sp³-hybridized carbons (Fsp3) is 0.350. The first kappa shape index (κ1) is 21.2. The fourth-order valence-electron chi connectivity index (χ4n) is 1.98. The number of rotatable bonds is 7. The van der Waals surface area contributed by atoms with E-state index in [4.69, 9.17) is 14.2 Å². The minimum atomic E-state index is -0.689. The Balaban J connectivity index is 0.00000163. The quantitative estimate of drug-likeness (QED) is 0.695. The highest BCUT2D eigenvalue weighted by Gasteiger charge is 2.22. The van der Waals surface area contributed by atoms with Crippen LogP contribution in [0, 0.1) is 0 Å². The van der Waals surface area contributed by atoms with E-state index in [0.717, 1.165) is 5.56 Å². The Hall–Kier alpha value is -2.89. The predicted molar refractivity (Wildman–Crippen MR) is 98.3 cm³/mol. The van der Waals surface area contributed by atoms with Crippen LogP contribution in [0.1, 0.15) is 54.1 Å². The minimum Gasteiger partial charge on any atom is -0.473 e. The zero-order valence-electron chi connectivity index (χ0n) is 15.7. The van der Waals surface area contributed by atoms with Crippen molar-refractivity contribution in [3.63, 3.8) is 0 Å². The maximum absolute atomic E-state index is 12.1. The van der Waals surface area contributed by atoms with Crippen LogP contribution in [0.25, 0.3) is 0 Å². The van der Waals surface area contributed by atoms with E-state index >= 15 is 0 Å². The van der Waals surface area contributed by atoms with Crippen molar-refractivity contribution in [2.45, 2.75) is 34.3 Å². The zero-order valence-corrected chi connectivity index (χ0v) is 15.7. The first-order valence-electron chi connectivity index (χ1n) is 8.67. The van der Waals surface area contributed by atoms with Gasteiger partial charge in [0.05, 0.1) is 18.8 Å². The summed E-state index contributed by atoms with van der Waals surface area (Å²) in [7, 11) is 0. The minimum absolute atomic E-state index is 0.0577. The molecule has 0 spiro atoms. The molecule has 6 nitrogen and oxygen atoms in total. The molecule has 0 N–H and O–H groups in total. The van der Waals surface area contributed by atoms with E-state index in [2.05, 4.69) is 4.98 Å². The second kappa shape index (κ2) is 11.6. The molecule has 1 aromatic heterocycles. The number of carbonyl (C=O) groups is 2. The largest absolute Gasteiger partial charge is 0.473 e. The number of nitrogens with zero attached hydrogens (tertiary/aromatic N) is 1. The lowest BCUT2D eigenvalue weighted by Crippen LogP contribution is -2.16. The lowest BCUT2D eigenvalue weighted by atomic mass is 10.2. The molecule has 0 unspecified atom stereocenters. The van der Waals surface area contributed by atoms with Gasteiger partial charge in [-0.1, -0.05) is 44.2 Å². The molecule has 1 heterocycles. The first-order chi connectivity index (χ1) is 12.7. The maximum Gasteiger partial charge on any atom is 0.357 e.